The van der Waals surface area contributed by atoms with E-state index in [1.54, 1.807) is 12.3 Å². The molecule has 2 aromatic carbocycles. The Morgan fingerprint density at radius 1 is 1.23 bits per heavy atom. The van der Waals surface area contributed by atoms with Gasteiger partial charge in [0.25, 0.3) is 0 Å². The van der Waals surface area contributed by atoms with E-state index in [0.29, 0.717) is 0 Å². The number of carbonyl (C=O) groups is 3. The second kappa shape index (κ2) is 8.59. The molecule has 7 nitrogen and oxygen atoms in total. The number of amides is 2. The number of benzene rings is 2. The predicted molar refractivity (Wildman–Crippen MR) is 113 cm³/mol. The minimum atomic E-state index is -0.908. The number of esters is 1. The van der Waals surface area contributed by atoms with Crippen LogP contribution in [0.25, 0.3) is 10.9 Å². The second-order valence-electron chi connectivity index (χ2n) is 7.50. The van der Waals surface area contributed by atoms with Gasteiger partial charge in [-0.25, -0.2) is 9.18 Å². The van der Waals surface area contributed by atoms with Crippen LogP contribution in [-0.2, 0) is 25.5 Å². The lowest BCUT2D eigenvalue weighted by Gasteiger charge is -2.20. The number of halogens is 1. The summed E-state index contributed by atoms with van der Waals surface area (Å²) in [7, 11) is 1.26. The van der Waals surface area contributed by atoms with Crippen molar-refractivity contribution >= 4 is 34.4 Å². The van der Waals surface area contributed by atoms with Gasteiger partial charge in [0.15, 0.2) is 0 Å². The average molecular weight is 423 g/mol. The first kappa shape index (κ1) is 20.6. The van der Waals surface area contributed by atoms with Crippen molar-refractivity contribution in [2.75, 3.05) is 18.6 Å². The lowest BCUT2D eigenvalue weighted by molar-refractivity contribution is -0.145. The molecule has 1 unspecified atom stereocenters. The molecule has 0 aliphatic carbocycles. The Labute approximate surface area is 178 Å². The van der Waals surface area contributed by atoms with E-state index in [9.17, 15) is 18.8 Å². The van der Waals surface area contributed by atoms with Gasteiger partial charge in [-0.15, -0.1) is 0 Å². The molecule has 2 N–H and O–H groups in total. The minimum Gasteiger partial charge on any atom is -0.467 e. The van der Waals surface area contributed by atoms with E-state index in [0.717, 1.165) is 16.5 Å². The molecule has 1 saturated heterocycles. The van der Waals surface area contributed by atoms with Crippen LogP contribution < -0.4 is 10.2 Å². The van der Waals surface area contributed by atoms with Crippen LogP contribution in [-0.4, -0.2) is 42.5 Å². The molecule has 3 aromatic rings. The monoisotopic (exact) mass is 423 g/mol. The first-order valence-corrected chi connectivity index (χ1v) is 9.96. The molecule has 8 heteroatoms. The molecule has 1 aliphatic rings. The standard InChI is InChI=1S/C23H22FN3O4/c1-31-23(30)19(10-14-12-25-18-8-4-2-6-16(14)18)26-22(29)15-11-21(28)27(13-15)20-9-5-3-7-17(20)24/h2-9,12,15,19,25H,10-11,13H2,1H3,(H,26,29)/t15?,19-/m0/s1. The molecule has 1 fully saturated rings. The Balaban J connectivity index is 1.49. The number of para-hydroxylation sites is 2. The highest BCUT2D eigenvalue weighted by Crippen LogP contribution is 2.27. The van der Waals surface area contributed by atoms with Gasteiger partial charge in [-0.2, -0.15) is 0 Å². The second-order valence-corrected chi connectivity index (χ2v) is 7.50. The van der Waals surface area contributed by atoms with Crippen LogP contribution in [0.15, 0.2) is 54.7 Å². The van der Waals surface area contributed by atoms with Crippen molar-refractivity contribution < 1.29 is 23.5 Å². The number of carbonyl (C=O) groups excluding carboxylic acids is 3. The van der Waals surface area contributed by atoms with E-state index in [1.807, 2.05) is 24.3 Å². The molecular formula is C23H22FN3O4. The van der Waals surface area contributed by atoms with Gasteiger partial charge in [0, 0.05) is 36.5 Å². The van der Waals surface area contributed by atoms with Crippen molar-refractivity contribution in [1.82, 2.24) is 10.3 Å². The summed E-state index contributed by atoms with van der Waals surface area (Å²) in [5, 5.41) is 3.67. The maximum atomic E-state index is 14.1. The van der Waals surface area contributed by atoms with E-state index in [-0.39, 0.29) is 31.0 Å². The number of fused-ring (bicyclic) bond motifs is 1. The van der Waals surface area contributed by atoms with Crippen molar-refractivity contribution in [3.8, 4) is 0 Å². The third-order valence-electron chi connectivity index (χ3n) is 5.54. The zero-order valence-corrected chi connectivity index (χ0v) is 16.9. The highest BCUT2D eigenvalue weighted by molar-refractivity contribution is 6.01. The Hall–Kier alpha value is -3.68. The molecular weight excluding hydrogens is 401 g/mol. The normalized spacial score (nSPS) is 17.0. The highest BCUT2D eigenvalue weighted by Gasteiger charge is 2.37. The van der Waals surface area contributed by atoms with Crippen LogP contribution in [0.4, 0.5) is 10.1 Å². The summed E-state index contributed by atoms with van der Waals surface area (Å²) >= 11 is 0. The molecule has 0 radical (unpaired) electrons. The van der Waals surface area contributed by atoms with E-state index in [2.05, 4.69) is 10.3 Å². The van der Waals surface area contributed by atoms with Crippen LogP contribution in [0.2, 0.25) is 0 Å². The Morgan fingerprint density at radius 3 is 2.74 bits per heavy atom. The van der Waals surface area contributed by atoms with Gasteiger partial charge >= 0.3 is 5.97 Å². The molecule has 2 amide bonds. The van der Waals surface area contributed by atoms with Gasteiger partial charge in [0.2, 0.25) is 11.8 Å². The van der Waals surface area contributed by atoms with Crippen molar-refractivity contribution in [3.63, 3.8) is 0 Å². The third-order valence-corrected chi connectivity index (χ3v) is 5.54. The first-order chi connectivity index (χ1) is 15.0. The molecule has 2 heterocycles. The smallest absolute Gasteiger partial charge is 0.328 e. The minimum absolute atomic E-state index is 0.0482. The third kappa shape index (κ3) is 4.14. The van der Waals surface area contributed by atoms with Crippen molar-refractivity contribution in [1.29, 1.82) is 0 Å². The van der Waals surface area contributed by atoms with Crippen LogP contribution >= 0.6 is 0 Å². The van der Waals surface area contributed by atoms with E-state index < -0.39 is 29.7 Å². The summed E-state index contributed by atoms with van der Waals surface area (Å²) in [5.41, 5.74) is 1.93. The fraction of sp³-hybridized carbons (Fsp3) is 0.261. The van der Waals surface area contributed by atoms with Gasteiger partial charge in [0.1, 0.15) is 11.9 Å². The molecule has 4 rings (SSSR count). The lowest BCUT2D eigenvalue weighted by Crippen LogP contribution is -2.46. The van der Waals surface area contributed by atoms with Crippen LogP contribution in [0.1, 0.15) is 12.0 Å². The average Bonchev–Trinajstić information content (AvgIpc) is 3.37. The zero-order valence-electron chi connectivity index (χ0n) is 16.9. The van der Waals surface area contributed by atoms with Gasteiger partial charge in [-0.3, -0.25) is 9.59 Å². The van der Waals surface area contributed by atoms with Crippen molar-refractivity contribution in [2.45, 2.75) is 18.9 Å². The van der Waals surface area contributed by atoms with Gasteiger partial charge in [-0.1, -0.05) is 30.3 Å². The quantitative estimate of drug-likeness (QED) is 0.596. The molecule has 31 heavy (non-hydrogen) atoms. The summed E-state index contributed by atoms with van der Waals surface area (Å²) in [6.07, 6.45) is 1.98. The topological polar surface area (TPSA) is 91.5 Å². The summed E-state index contributed by atoms with van der Waals surface area (Å²) in [5.74, 6) is -2.57. The number of hydrogen-bond donors (Lipinski definition) is 2. The molecule has 160 valence electrons. The Kier molecular flexibility index (Phi) is 5.70. The molecule has 1 aromatic heterocycles. The summed E-state index contributed by atoms with van der Waals surface area (Å²) in [6, 6.07) is 12.7. The van der Waals surface area contributed by atoms with E-state index in [1.165, 1.54) is 30.2 Å². The summed E-state index contributed by atoms with van der Waals surface area (Å²) < 4.78 is 19.0. The number of H-pyrrole nitrogens is 1. The molecule has 0 spiro atoms. The number of anilines is 1. The SMILES string of the molecule is COC(=O)[C@H](Cc1c[nH]c2ccccc12)NC(=O)C1CC(=O)N(c2ccccc2F)C1. The number of nitrogens with zero attached hydrogens (tertiary/aromatic N) is 1. The maximum Gasteiger partial charge on any atom is 0.328 e. The molecule has 0 bridgehead atoms. The van der Waals surface area contributed by atoms with E-state index >= 15 is 0 Å². The maximum absolute atomic E-state index is 14.1. The number of hydrogen-bond acceptors (Lipinski definition) is 4. The fourth-order valence-corrected chi connectivity index (χ4v) is 3.93. The van der Waals surface area contributed by atoms with Crippen LogP contribution in [0.5, 0.6) is 0 Å². The highest BCUT2D eigenvalue weighted by atomic mass is 19.1. The number of rotatable bonds is 6. The van der Waals surface area contributed by atoms with Gasteiger partial charge < -0.3 is 19.9 Å². The molecule has 2 atom stereocenters. The fourth-order valence-electron chi connectivity index (χ4n) is 3.93. The van der Waals surface area contributed by atoms with E-state index in [4.69, 9.17) is 4.74 Å². The number of ether oxygens (including phenoxy) is 1. The Morgan fingerprint density at radius 2 is 1.97 bits per heavy atom. The van der Waals surface area contributed by atoms with Crippen molar-refractivity contribution in [2.24, 2.45) is 5.92 Å². The van der Waals surface area contributed by atoms with Crippen LogP contribution in [0.3, 0.4) is 0 Å². The van der Waals surface area contributed by atoms with Crippen molar-refractivity contribution in [3.05, 3.63) is 66.1 Å². The van der Waals surface area contributed by atoms with Gasteiger partial charge in [-0.05, 0) is 23.8 Å². The summed E-state index contributed by atoms with van der Waals surface area (Å²) in [4.78, 5) is 42.0. The zero-order chi connectivity index (χ0) is 22.0. The first-order valence-electron chi connectivity index (χ1n) is 9.96. The molecule has 0 saturated carbocycles. The Bertz CT molecular complexity index is 1140. The number of aromatic amines is 1. The molecule has 1 aliphatic heterocycles. The number of methoxy groups -OCH3 is 1. The lowest BCUT2D eigenvalue weighted by atomic mass is 10.0. The number of nitrogens with one attached hydrogen (secondary N) is 2. The number of aromatic nitrogens is 1. The largest absolute Gasteiger partial charge is 0.467 e. The van der Waals surface area contributed by atoms with Gasteiger partial charge in [0.05, 0.1) is 18.7 Å². The summed E-state index contributed by atoms with van der Waals surface area (Å²) in [6.45, 7) is 0.0482. The predicted octanol–water partition coefficient (Wildman–Crippen LogP) is 2.56. The van der Waals surface area contributed by atoms with Crippen LogP contribution in [0, 0.1) is 11.7 Å².